The summed E-state index contributed by atoms with van der Waals surface area (Å²) in [6.07, 6.45) is 0. The van der Waals surface area contributed by atoms with Crippen LogP contribution in [0.15, 0.2) is 30.3 Å². The fourth-order valence-electron chi connectivity index (χ4n) is 1.20. The molecule has 102 valence electrons. The maximum Gasteiger partial charge on any atom is 0.265 e. The van der Waals surface area contributed by atoms with Crippen LogP contribution in [0.25, 0.3) is 0 Å². The van der Waals surface area contributed by atoms with Crippen LogP contribution in [0.1, 0.15) is 17.3 Å². The summed E-state index contributed by atoms with van der Waals surface area (Å²) < 4.78 is 0. The first kappa shape index (κ1) is 14.7. The molecule has 3 amide bonds. The summed E-state index contributed by atoms with van der Waals surface area (Å²) in [4.78, 5) is 38.2. The molecular formula is C12H15N3O4. The molecule has 1 rings (SSSR count). The molecule has 0 heterocycles. The fraction of sp³-hybridized carbons (Fsp3) is 0.250. The number of nitrogens with two attached hydrogens (primary N) is 1. The van der Waals surface area contributed by atoms with E-state index in [0.717, 1.165) is 0 Å². The summed E-state index contributed by atoms with van der Waals surface area (Å²) in [5.74, 6) is -1.66. The second-order valence-corrected chi connectivity index (χ2v) is 3.78. The average molecular weight is 265 g/mol. The van der Waals surface area contributed by atoms with Crippen LogP contribution >= 0.6 is 0 Å². The zero-order valence-corrected chi connectivity index (χ0v) is 10.4. The fourth-order valence-corrected chi connectivity index (χ4v) is 1.20. The molecule has 19 heavy (non-hydrogen) atoms. The monoisotopic (exact) mass is 265 g/mol. The summed E-state index contributed by atoms with van der Waals surface area (Å²) in [5.41, 5.74) is 7.29. The molecule has 1 atom stereocenters. The third-order valence-corrected chi connectivity index (χ3v) is 2.16. The standard InChI is InChI=1S/C12H15N3O4/c1-8(11(17)15-19-7-10(13)16)14-12(18)9-5-3-2-4-6-9/h2-6,8H,7H2,1H3,(H2,13,16)(H,14,18)(H,15,17). The van der Waals surface area contributed by atoms with Gasteiger partial charge in [0, 0.05) is 5.56 Å². The van der Waals surface area contributed by atoms with Gasteiger partial charge in [-0.25, -0.2) is 5.48 Å². The molecule has 0 aliphatic rings. The Morgan fingerprint density at radius 2 is 1.89 bits per heavy atom. The smallest absolute Gasteiger partial charge is 0.265 e. The molecule has 0 fully saturated rings. The topological polar surface area (TPSA) is 111 Å². The lowest BCUT2D eigenvalue weighted by Crippen LogP contribution is -2.45. The average Bonchev–Trinajstić information content (AvgIpc) is 2.39. The zero-order valence-electron chi connectivity index (χ0n) is 10.4. The molecule has 1 unspecified atom stereocenters. The number of hydrogen-bond donors (Lipinski definition) is 3. The Morgan fingerprint density at radius 1 is 1.26 bits per heavy atom. The van der Waals surface area contributed by atoms with Gasteiger partial charge >= 0.3 is 0 Å². The molecule has 0 aliphatic carbocycles. The van der Waals surface area contributed by atoms with Crippen LogP contribution in [-0.4, -0.2) is 30.4 Å². The van der Waals surface area contributed by atoms with Gasteiger partial charge in [0.1, 0.15) is 6.04 Å². The molecule has 1 aromatic rings. The number of carbonyl (C=O) groups excluding carboxylic acids is 3. The highest BCUT2D eigenvalue weighted by atomic mass is 16.7. The number of benzene rings is 1. The van der Waals surface area contributed by atoms with E-state index in [1.54, 1.807) is 30.3 Å². The van der Waals surface area contributed by atoms with Crippen molar-refractivity contribution in [3.05, 3.63) is 35.9 Å². The lowest BCUT2D eigenvalue weighted by Gasteiger charge is -2.13. The Bertz CT molecular complexity index is 461. The SMILES string of the molecule is CC(NC(=O)c1ccccc1)C(=O)NOCC(N)=O. The van der Waals surface area contributed by atoms with Crippen molar-refractivity contribution in [2.75, 3.05) is 6.61 Å². The highest BCUT2D eigenvalue weighted by molar-refractivity contribution is 5.97. The Morgan fingerprint density at radius 3 is 2.47 bits per heavy atom. The summed E-state index contributed by atoms with van der Waals surface area (Å²) in [6.45, 7) is 1.06. The predicted octanol–water partition coefficient (Wildman–Crippen LogP) is -0.662. The summed E-state index contributed by atoms with van der Waals surface area (Å²) in [7, 11) is 0. The van der Waals surface area contributed by atoms with E-state index >= 15 is 0 Å². The van der Waals surface area contributed by atoms with E-state index in [1.165, 1.54) is 6.92 Å². The van der Waals surface area contributed by atoms with Crippen LogP contribution in [0, 0.1) is 0 Å². The summed E-state index contributed by atoms with van der Waals surface area (Å²) in [5, 5.41) is 2.49. The number of rotatable bonds is 6. The molecule has 0 spiro atoms. The van der Waals surface area contributed by atoms with Crippen molar-refractivity contribution in [2.45, 2.75) is 13.0 Å². The molecule has 7 heteroatoms. The van der Waals surface area contributed by atoms with Gasteiger partial charge in [-0.15, -0.1) is 0 Å². The van der Waals surface area contributed by atoms with Crippen LogP contribution < -0.4 is 16.5 Å². The van der Waals surface area contributed by atoms with Crippen molar-refractivity contribution < 1.29 is 19.2 Å². The lowest BCUT2D eigenvalue weighted by molar-refractivity contribution is -0.139. The number of hydroxylamine groups is 1. The number of primary amides is 1. The zero-order chi connectivity index (χ0) is 14.3. The van der Waals surface area contributed by atoms with Gasteiger partial charge < -0.3 is 11.1 Å². The molecule has 0 radical (unpaired) electrons. The van der Waals surface area contributed by atoms with E-state index in [1.807, 2.05) is 5.48 Å². The van der Waals surface area contributed by atoms with E-state index in [4.69, 9.17) is 5.73 Å². The van der Waals surface area contributed by atoms with Crippen LogP contribution in [0.4, 0.5) is 0 Å². The second-order valence-electron chi connectivity index (χ2n) is 3.78. The third kappa shape index (κ3) is 5.17. The molecular weight excluding hydrogens is 250 g/mol. The molecule has 0 saturated carbocycles. The van der Waals surface area contributed by atoms with Gasteiger partial charge in [-0.05, 0) is 19.1 Å². The number of amides is 3. The van der Waals surface area contributed by atoms with Gasteiger partial charge in [-0.1, -0.05) is 18.2 Å². The van der Waals surface area contributed by atoms with E-state index in [0.29, 0.717) is 5.56 Å². The van der Waals surface area contributed by atoms with Crippen molar-refractivity contribution in [3.8, 4) is 0 Å². The maximum atomic E-state index is 11.7. The largest absolute Gasteiger partial charge is 0.368 e. The minimum absolute atomic E-state index is 0.377. The summed E-state index contributed by atoms with van der Waals surface area (Å²) >= 11 is 0. The van der Waals surface area contributed by atoms with E-state index in [2.05, 4.69) is 10.2 Å². The van der Waals surface area contributed by atoms with E-state index < -0.39 is 24.5 Å². The van der Waals surface area contributed by atoms with E-state index in [9.17, 15) is 14.4 Å². The Balaban J connectivity index is 2.41. The Hall–Kier alpha value is -2.41. The molecule has 7 nitrogen and oxygen atoms in total. The molecule has 0 aliphatic heterocycles. The molecule has 1 aromatic carbocycles. The van der Waals surface area contributed by atoms with Crippen molar-refractivity contribution in [3.63, 3.8) is 0 Å². The predicted molar refractivity (Wildman–Crippen MR) is 66.7 cm³/mol. The highest BCUT2D eigenvalue weighted by Gasteiger charge is 2.16. The normalized spacial score (nSPS) is 11.4. The third-order valence-electron chi connectivity index (χ3n) is 2.16. The minimum Gasteiger partial charge on any atom is -0.368 e. The van der Waals surface area contributed by atoms with Crippen molar-refractivity contribution in [1.82, 2.24) is 10.8 Å². The van der Waals surface area contributed by atoms with Crippen molar-refractivity contribution >= 4 is 17.7 Å². The van der Waals surface area contributed by atoms with Crippen molar-refractivity contribution in [1.29, 1.82) is 0 Å². The van der Waals surface area contributed by atoms with Gasteiger partial charge in [0.05, 0.1) is 0 Å². The van der Waals surface area contributed by atoms with Crippen LogP contribution in [0.3, 0.4) is 0 Å². The Kier molecular flexibility index (Phi) is 5.49. The number of hydrogen-bond acceptors (Lipinski definition) is 4. The first-order valence-electron chi connectivity index (χ1n) is 5.56. The van der Waals surface area contributed by atoms with Gasteiger partial charge in [0.2, 0.25) is 5.91 Å². The van der Waals surface area contributed by atoms with Crippen molar-refractivity contribution in [2.24, 2.45) is 5.73 Å². The van der Waals surface area contributed by atoms with Gasteiger partial charge in [-0.2, -0.15) is 0 Å². The van der Waals surface area contributed by atoms with Crippen LogP contribution in [0.5, 0.6) is 0 Å². The first-order valence-corrected chi connectivity index (χ1v) is 5.56. The molecule has 0 aromatic heterocycles. The molecule has 0 bridgehead atoms. The number of carbonyl (C=O) groups is 3. The molecule has 4 N–H and O–H groups in total. The highest BCUT2D eigenvalue weighted by Crippen LogP contribution is 1.98. The lowest BCUT2D eigenvalue weighted by atomic mass is 10.2. The van der Waals surface area contributed by atoms with Gasteiger partial charge in [0.15, 0.2) is 6.61 Å². The number of nitrogens with one attached hydrogen (secondary N) is 2. The van der Waals surface area contributed by atoms with Crippen LogP contribution in [0.2, 0.25) is 0 Å². The Labute approximate surface area is 110 Å². The van der Waals surface area contributed by atoms with Gasteiger partial charge in [-0.3, -0.25) is 19.2 Å². The quantitative estimate of drug-likeness (QED) is 0.593. The van der Waals surface area contributed by atoms with E-state index in [-0.39, 0.29) is 5.91 Å². The van der Waals surface area contributed by atoms with Gasteiger partial charge in [0.25, 0.3) is 11.8 Å². The molecule has 0 saturated heterocycles. The first-order chi connectivity index (χ1) is 9.00. The summed E-state index contributed by atoms with van der Waals surface area (Å²) in [6, 6.07) is 7.67. The minimum atomic E-state index is -0.805. The maximum absolute atomic E-state index is 11.7. The van der Waals surface area contributed by atoms with Crippen LogP contribution in [-0.2, 0) is 14.4 Å². The second kappa shape index (κ2) is 7.12.